The number of halogens is 1. The van der Waals surface area contributed by atoms with E-state index in [0.29, 0.717) is 22.0 Å². The molecule has 0 radical (unpaired) electrons. The Morgan fingerprint density at radius 1 is 1.07 bits per heavy atom. The minimum atomic E-state index is -0.422. The molecule has 0 fully saturated rings. The van der Waals surface area contributed by atoms with Gasteiger partial charge >= 0.3 is 5.97 Å². The first-order chi connectivity index (χ1) is 14.0. The Morgan fingerprint density at radius 2 is 1.79 bits per heavy atom. The summed E-state index contributed by atoms with van der Waals surface area (Å²) in [4.78, 5) is 12.5. The van der Waals surface area contributed by atoms with Crippen LogP contribution < -0.4 is 15.5 Å². The molecule has 3 rings (SSSR count). The summed E-state index contributed by atoms with van der Waals surface area (Å²) in [5, 5.41) is 7.52. The summed E-state index contributed by atoms with van der Waals surface area (Å²) in [7, 11) is 0. The molecule has 0 aliphatic carbocycles. The van der Waals surface area contributed by atoms with Gasteiger partial charge in [-0.1, -0.05) is 52.3 Å². The van der Waals surface area contributed by atoms with E-state index in [1.807, 2.05) is 49.4 Å². The first-order valence-corrected chi connectivity index (χ1v) is 9.95. The molecule has 0 saturated carbocycles. The zero-order valence-electron chi connectivity index (χ0n) is 15.6. The second kappa shape index (κ2) is 9.95. The quantitative estimate of drug-likeness (QED) is 0.175. The second-order valence-corrected chi connectivity index (χ2v) is 7.40. The maximum atomic E-state index is 12.5. The van der Waals surface area contributed by atoms with Crippen LogP contribution in [0.25, 0.3) is 0 Å². The number of thiocarbonyl (C=S) groups is 1. The Hall–Kier alpha value is -3.03. The monoisotopic (exact) mass is 467 g/mol. The molecule has 0 atom stereocenters. The molecule has 0 aromatic heterocycles. The van der Waals surface area contributed by atoms with Crippen molar-refractivity contribution in [2.24, 2.45) is 5.10 Å². The number of nitrogens with zero attached hydrogens (tertiary/aromatic N) is 1. The predicted molar refractivity (Wildman–Crippen MR) is 124 cm³/mol. The molecule has 146 valence electrons. The average Bonchev–Trinajstić information content (AvgIpc) is 2.71. The number of anilines is 1. The number of para-hydroxylation sites is 1. The molecule has 0 aliphatic heterocycles. The van der Waals surface area contributed by atoms with Gasteiger partial charge in [-0.15, -0.1) is 0 Å². The van der Waals surface area contributed by atoms with Crippen molar-refractivity contribution in [2.45, 2.75) is 6.92 Å². The van der Waals surface area contributed by atoms with Crippen LogP contribution in [0.3, 0.4) is 0 Å². The van der Waals surface area contributed by atoms with Crippen LogP contribution in [-0.2, 0) is 0 Å². The summed E-state index contributed by atoms with van der Waals surface area (Å²) in [6, 6.07) is 22.1. The molecule has 0 unspecified atom stereocenters. The Morgan fingerprint density at radius 3 is 2.55 bits per heavy atom. The molecule has 7 heteroatoms. The Bertz CT molecular complexity index is 1050. The summed E-state index contributed by atoms with van der Waals surface area (Å²) >= 11 is 8.65. The average molecular weight is 468 g/mol. The van der Waals surface area contributed by atoms with Crippen molar-refractivity contribution in [1.82, 2.24) is 5.43 Å². The van der Waals surface area contributed by atoms with Gasteiger partial charge in [-0.05, 0) is 61.1 Å². The van der Waals surface area contributed by atoms with Crippen LogP contribution in [0.1, 0.15) is 21.5 Å². The molecular formula is C22H18BrN3O2S. The molecule has 3 aromatic rings. The zero-order chi connectivity index (χ0) is 20.6. The molecule has 29 heavy (non-hydrogen) atoms. The van der Waals surface area contributed by atoms with Crippen molar-refractivity contribution in [3.63, 3.8) is 0 Å². The SMILES string of the molecule is Cc1ccccc1C(=O)Oc1ccc(Br)cc1/C=N\NC(=S)Nc1ccccc1. The van der Waals surface area contributed by atoms with Crippen LogP contribution in [0.2, 0.25) is 0 Å². The van der Waals surface area contributed by atoms with Gasteiger partial charge in [-0.2, -0.15) is 5.10 Å². The first kappa shape index (κ1) is 20.7. The number of hydrazone groups is 1. The molecule has 0 aliphatic rings. The molecule has 0 bridgehead atoms. The number of hydrogen-bond donors (Lipinski definition) is 2. The lowest BCUT2D eigenvalue weighted by atomic mass is 10.1. The second-order valence-electron chi connectivity index (χ2n) is 6.08. The lowest BCUT2D eigenvalue weighted by molar-refractivity contribution is 0.0733. The number of aryl methyl sites for hydroxylation is 1. The van der Waals surface area contributed by atoms with Crippen LogP contribution in [-0.4, -0.2) is 17.3 Å². The maximum Gasteiger partial charge on any atom is 0.343 e. The van der Waals surface area contributed by atoms with Gasteiger partial charge in [-0.25, -0.2) is 4.79 Å². The fourth-order valence-electron chi connectivity index (χ4n) is 2.51. The van der Waals surface area contributed by atoms with Gasteiger partial charge in [0.05, 0.1) is 11.8 Å². The van der Waals surface area contributed by atoms with Gasteiger partial charge in [0.2, 0.25) is 0 Å². The Balaban J connectivity index is 1.70. The van der Waals surface area contributed by atoms with E-state index < -0.39 is 5.97 Å². The van der Waals surface area contributed by atoms with E-state index in [2.05, 4.69) is 31.8 Å². The minimum absolute atomic E-state index is 0.348. The van der Waals surface area contributed by atoms with Gasteiger partial charge in [0.1, 0.15) is 5.75 Å². The van der Waals surface area contributed by atoms with Gasteiger partial charge < -0.3 is 10.1 Å². The summed E-state index contributed by atoms with van der Waals surface area (Å²) in [6.45, 7) is 1.87. The van der Waals surface area contributed by atoms with Crippen LogP contribution >= 0.6 is 28.1 Å². The summed E-state index contributed by atoms with van der Waals surface area (Å²) in [5.41, 5.74) is 5.60. The van der Waals surface area contributed by atoms with E-state index in [9.17, 15) is 4.79 Å². The molecule has 0 amide bonds. The third-order valence-electron chi connectivity index (χ3n) is 3.94. The van der Waals surface area contributed by atoms with E-state index in [1.54, 1.807) is 36.5 Å². The van der Waals surface area contributed by atoms with Crippen LogP contribution in [0.4, 0.5) is 5.69 Å². The van der Waals surface area contributed by atoms with Gasteiger partial charge in [0.25, 0.3) is 0 Å². The minimum Gasteiger partial charge on any atom is -0.422 e. The molecule has 5 nitrogen and oxygen atoms in total. The number of ether oxygens (including phenoxy) is 1. The topological polar surface area (TPSA) is 62.7 Å². The fraction of sp³-hybridized carbons (Fsp3) is 0.0455. The van der Waals surface area contributed by atoms with Gasteiger partial charge in [-0.3, -0.25) is 5.43 Å². The molecule has 0 saturated heterocycles. The molecule has 0 heterocycles. The molecular weight excluding hydrogens is 450 g/mol. The highest BCUT2D eigenvalue weighted by molar-refractivity contribution is 9.10. The number of benzene rings is 3. The van der Waals surface area contributed by atoms with Crippen LogP contribution in [0.15, 0.2) is 82.4 Å². The highest BCUT2D eigenvalue weighted by Crippen LogP contribution is 2.23. The number of carbonyl (C=O) groups is 1. The number of rotatable bonds is 5. The summed E-state index contributed by atoms with van der Waals surface area (Å²) < 4.78 is 6.43. The van der Waals surface area contributed by atoms with E-state index in [4.69, 9.17) is 17.0 Å². The van der Waals surface area contributed by atoms with Gasteiger partial charge in [0.15, 0.2) is 5.11 Å². The normalized spacial score (nSPS) is 10.6. The van der Waals surface area contributed by atoms with Gasteiger partial charge in [0, 0.05) is 15.7 Å². The highest BCUT2D eigenvalue weighted by Gasteiger charge is 2.13. The van der Waals surface area contributed by atoms with Crippen LogP contribution in [0.5, 0.6) is 5.75 Å². The Labute approximate surface area is 182 Å². The lowest BCUT2D eigenvalue weighted by Gasteiger charge is -2.10. The summed E-state index contributed by atoms with van der Waals surface area (Å²) in [5.74, 6) is -0.0248. The first-order valence-electron chi connectivity index (χ1n) is 8.75. The molecule has 2 N–H and O–H groups in total. The van der Waals surface area contributed by atoms with Crippen molar-refractivity contribution in [3.05, 3.63) is 94.0 Å². The molecule has 0 spiro atoms. The van der Waals surface area contributed by atoms with Crippen molar-refractivity contribution in [2.75, 3.05) is 5.32 Å². The lowest BCUT2D eigenvalue weighted by Crippen LogP contribution is -2.23. The largest absolute Gasteiger partial charge is 0.422 e. The van der Waals surface area contributed by atoms with Crippen molar-refractivity contribution in [3.8, 4) is 5.75 Å². The van der Waals surface area contributed by atoms with E-state index in [1.165, 1.54) is 0 Å². The maximum absolute atomic E-state index is 12.5. The Kier molecular flexibility index (Phi) is 7.10. The number of hydrogen-bond acceptors (Lipinski definition) is 4. The van der Waals surface area contributed by atoms with E-state index >= 15 is 0 Å². The summed E-state index contributed by atoms with van der Waals surface area (Å²) in [6.07, 6.45) is 1.55. The molecule has 3 aromatic carbocycles. The number of esters is 1. The standard InChI is InChI=1S/C22H18BrN3O2S/c1-15-7-5-6-10-19(15)21(27)28-20-12-11-17(23)13-16(20)14-24-26-22(29)25-18-8-3-2-4-9-18/h2-14H,1H3,(H2,25,26,29)/b24-14-. The van der Waals surface area contributed by atoms with Crippen molar-refractivity contribution < 1.29 is 9.53 Å². The smallest absolute Gasteiger partial charge is 0.343 e. The third kappa shape index (κ3) is 5.97. The predicted octanol–water partition coefficient (Wildman–Crippen LogP) is 5.30. The van der Waals surface area contributed by atoms with Crippen LogP contribution in [0, 0.1) is 6.92 Å². The number of nitrogens with one attached hydrogen (secondary N) is 2. The van der Waals surface area contributed by atoms with E-state index in [-0.39, 0.29) is 0 Å². The fourth-order valence-corrected chi connectivity index (χ4v) is 3.06. The highest BCUT2D eigenvalue weighted by atomic mass is 79.9. The number of carbonyl (C=O) groups excluding carboxylic acids is 1. The van der Waals surface area contributed by atoms with E-state index in [0.717, 1.165) is 15.7 Å². The zero-order valence-corrected chi connectivity index (χ0v) is 18.0. The van der Waals surface area contributed by atoms with Crippen molar-refractivity contribution >= 4 is 51.1 Å². The third-order valence-corrected chi connectivity index (χ3v) is 4.63. The van der Waals surface area contributed by atoms with Crippen molar-refractivity contribution in [1.29, 1.82) is 0 Å².